The molecule has 2 aliphatic heterocycles. The van der Waals surface area contributed by atoms with E-state index in [2.05, 4.69) is 15.1 Å². The van der Waals surface area contributed by atoms with Gasteiger partial charge in [0.2, 0.25) is 0 Å². The number of aromatic nitrogens is 3. The van der Waals surface area contributed by atoms with Gasteiger partial charge in [0, 0.05) is 39.1 Å². The Hall–Kier alpha value is -5.90. The van der Waals surface area contributed by atoms with Gasteiger partial charge in [-0.2, -0.15) is 10.1 Å². The zero-order chi connectivity index (χ0) is 34.6. The molecule has 7 N–H and O–H groups in total. The Labute approximate surface area is 280 Å². The molecule has 1 fully saturated rings. The Morgan fingerprint density at radius 1 is 0.840 bits per heavy atom. The summed E-state index contributed by atoms with van der Waals surface area (Å²) >= 11 is 0. The van der Waals surface area contributed by atoms with Gasteiger partial charge in [0.25, 0.3) is 11.8 Å². The lowest BCUT2D eigenvalue weighted by Crippen LogP contribution is -2.56. The number of para-hydroxylation sites is 1. The molecule has 7 aromatic rings. The third-order valence-electron chi connectivity index (χ3n) is 9.62. The smallest absolute Gasteiger partial charge is 0.283 e. The van der Waals surface area contributed by atoms with E-state index in [0.717, 1.165) is 10.4 Å². The van der Waals surface area contributed by atoms with Crippen molar-refractivity contribution in [2.24, 2.45) is 5.10 Å². The van der Waals surface area contributed by atoms with Crippen LogP contribution in [0, 0.1) is 0 Å². The van der Waals surface area contributed by atoms with Gasteiger partial charge in [-0.3, -0.25) is 9.59 Å². The highest BCUT2D eigenvalue weighted by Crippen LogP contribution is 2.48. The molecule has 0 bridgehead atoms. The van der Waals surface area contributed by atoms with Crippen molar-refractivity contribution < 1.29 is 45.0 Å². The lowest BCUT2D eigenvalue weighted by atomic mass is 9.96. The number of rotatable bonds is 4. The highest BCUT2D eigenvalue weighted by molar-refractivity contribution is 6.39. The van der Waals surface area contributed by atoms with Gasteiger partial charge in [0.1, 0.15) is 35.9 Å². The van der Waals surface area contributed by atoms with Gasteiger partial charge in [-0.1, -0.05) is 24.3 Å². The van der Waals surface area contributed by atoms with Crippen molar-refractivity contribution in [3.8, 4) is 11.5 Å². The highest BCUT2D eigenvalue weighted by Gasteiger charge is 2.47. The topological polar surface area (TPSA) is 214 Å². The standard InChI is InChI=1S/C36H27N5O9/c42-14-24-31(45)32(46)33(47)36(50-24)40-23-12-18(44)8-10-20(23)26-28-27(25-19-9-7-17(43)11-22(19)39-29(25)30(26)40)34(48)41(35(28)49)37-13-16-6-5-15-3-1-2-4-21(15)38-16/h1-13,24,31-33,36,39,42-47H,14H2/b37-13+/t24-,31-,32+,33-,36-/m1/s1. The molecule has 4 aromatic carbocycles. The number of ether oxygens (including phenoxy) is 1. The molecule has 50 heavy (non-hydrogen) atoms. The van der Waals surface area contributed by atoms with E-state index in [1.54, 1.807) is 18.2 Å². The number of aliphatic hydroxyl groups excluding tert-OH is 4. The van der Waals surface area contributed by atoms with Gasteiger partial charge in [0.15, 0.2) is 6.23 Å². The van der Waals surface area contributed by atoms with Gasteiger partial charge in [-0.15, -0.1) is 0 Å². The molecule has 3 aromatic heterocycles. The molecule has 250 valence electrons. The zero-order valence-electron chi connectivity index (χ0n) is 25.8. The molecule has 14 heteroatoms. The summed E-state index contributed by atoms with van der Waals surface area (Å²) in [6, 6.07) is 19.9. The number of imide groups is 1. The predicted molar refractivity (Wildman–Crippen MR) is 181 cm³/mol. The van der Waals surface area contributed by atoms with Crippen LogP contribution >= 0.6 is 0 Å². The molecular weight excluding hydrogens is 646 g/mol. The first-order chi connectivity index (χ1) is 24.2. The summed E-state index contributed by atoms with van der Waals surface area (Å²) in [5, 5.41) is 71.1. The van der Waals surface area contributed by atoms with Gasteiger partial charge in [-0.05, 0) is 36.4 Å². The number of nitrogens with zero attached hydrogens (tertiary/aromatic N) is 4. The minimum absolute atomic E-state index is 0.00544. The second kappa shape index (κ2) is 10.8. The number of fused-ring (bicyclic) bond motifs is 11. The van der Waals surface area contributed by atoms with Crippen molar-refractivity contribution in [3.05, 3.63) is 89.6 Å². The van der Waals surface area contributed by atoms with E-state index in [-0.39, 0.29) is 39.0 Å². The minimum Gasteiger partial charge on any atom is -0.508 e. The van der Waals surface area contributed by atoms with Gasteiger partial charge < -0.3 is 44.9 Å². The molecular formula is C36H27N5O9. The minimum atomic E-state index is -1.74. The molecule has 0 saturated carbocycles. The number of amides is 2. The number of pyridine rings is 1. The number of phenols is 2. The van der Waals surface area contributed by atoms with Crippen LogP contribution in [0.1, 0.15) is 32.6 Å². The Morgan fingerprint density at radius 3 is 2.34 bits per heavy atom. The fourth-order valence-corrected chi connectivity index (χ4v) is 7.34. The Kier molecular flexibility index (Phi) is 6.52. The van der Waals surface area contributed by atoms with E-state index >= 15 is 0 Å². The van der Waals surface area contributed by atoms with Crippen LogP contribution in [0.25, 0.3) is 54.5 Å². The van der Waals surface area contributed by atoms with Gasteiger partial charge in [0.05, 0.1) is 57.2 Å². The summed E-state index contributed by atoms with van der Waals surface area (Å²) in [5.74, 6) is -1.69. The first kappa shape index (κ1) is 30.2. The van der Waals surface area contributed by atoms with E-state index in [9.17, 15) is 40.2 Å². The maximum atomic E-state index is 14.4. The number of carbonyl (C=O) groups is 2. The van der Waals surface area contributed by atoms with Crippen LogP contribution in [0.3, 0.4) is 0 Å². The lowest BCUT2D eigenvalue weighted by molar-refractivity contribution is -0.249. The third kappa shape index (κ3) is 4.14. The average Bonchev–Trinajstić information content (AvgIpc) is 3.72. The van der Waals surface area contributed by atoms with E-state index in [4.69, 9.17) is 4.74 Å². The van der Waals surface area contributed by atoms with Crippen molar-refractivity contribution in [3.63, 3.8) is 0 Å². The summed E-state index contributed by atoms with van der Waals surface area (Å²) in [6.07, 6.45) is -6.52. The van der Waals surface area contributed by atoms with Gasteiger partial charge >= 0.3 is 0 Å². The van der Waals surface area contributed by atoms with Crippen molar-refractivity contribution in [2.45, 2.75) is 30.6 Å². The lowest BCUT2D eigenvalue weighted by Gasteiger charge is -2.41. The number of H-pyrrole nitrogens is 1. The van der Waals surface area contributed by atoms with Crippen LogP contribution in [0.15, 0.2) is 77.9 Å². The van der Waals surface area contributed by atoms with E-state index < -0.39 is 49.1 Å². The quantitative estimate of drug-likeness (QED) is 0.107. The summed E-state index contributed by atoms with van der Waals surface area (Å²) in [5.41, 5.74) is 2.39. The Bertz CT molecular complexity index is 2630. The number of aliphatic hydroxyl groups is 4. The molecule has 5 atom stereocenters. The molecule has 0 aliphatic carbocycles. The fourth-order valence-electron chi connectivity index (χ4n) is 7.34. The number of carbonyl (C=O) groups excluding carboxylic acids is 2. The number of benzene rings is 4. The third-order valence-corrected chi connectivity index (χ3v) is 9.62. The maximum Gasteiger partial charge on any atom is 0.283 e. The van der Waals surface area contributed by atoms with E-state index in [1.165, 1.54) is 35.0 Å². The van der Waals surface area contributed by atoms with Gasteiger partial charge in [-0.25, -0.2) is 4.98 Å². The van der Waals surface area contributed by atoms with Crippen molar-refractivity contribution >= 4 is 72.5 Å². The Morgan fingerprint density at radius 2 is 1.56 bits per heavy atom. The molecule has 0 spiro atoms. The average molecular weight is 674 g/mol. The number of aromatic amines is 1. The zero-order valence-corrected chi connectivity index (χ0v) is 25.8. The predicted octanol–water partition coefficient (Wildman–Crippen LogP) is 2.99. The summed E-state index contributed by atoms with van der Waals surface area (Å²) in [4.78, 5) is 36.6. The van der Waals surface area contributed by atoms with E-state index in [0.29, 0.717) is 38.4 Å². The molecule has 2 amide bonds. The molecule has 9 rings (SSSR count). The first-order valence-electron chi connectivity index (χ1n) is 15.7. The van der Waals surface area contributed by atoms with Crippen LogP contribution < -0.4 is 0 Å². The van der Waals surface area contributed by atoms with Crippen LogP contribution in [-0.4, -0.2) is 99.2 Å². The second-order valence-corrected chi connectivity index (χ2v) is 12.5. The van der Waals surface area contributed by atoms with E-state index in [1.807, 2.05) is 30.3 Å². The second-order valence-electron chi connectivity index (χ2n) is 12.5. The number of hydrogen-bond donors (Lipinski definition) is 7. The summed E-state index contributed by atoms with van der Waals surface area (Å²) in [7, 11) is 0. The Balaban J connectivity index is 1.34. The monoisotopic (exact) mass is 673 g/mol. The number of nitrogens with one attached hydrogen (secondary N) is 1. The molecule has 1 saturated heterocycles. The van der Waals surface area contributed by atoms with Crippen LogP contribution in [0.5, 0.6) is 11.5 Å². The SMILES string of the molecule is O=C1c2c(c3c4ccc(O)cc4n([C@@H]4O[C@H](CO)[C@@H](O)[C@H](O)[C@H]4O)c3c3[nH]c4cc(O)ccc4c23)C(=O)N1/N=C/c1ccc2ccccc2n1. The molecule has 2 aliphatic rings. The summed E-state index contributed by atoms with van der Waals surface area (Å²) < 4.78 is 7.47. The van der Waals surface area contributed by atoms with Crippen LogP contribution in [0.2, 0.25) is 0 Å². The molecule has 14 nitrogen and oxygen atoms in total. The number of hydrogen-bond acceptors (Lipinski definition) is 11. The van der Waals surface area contributed by atoms with Crippen molar-refractivity contribution in [2.75, 3.05) is 6.61 Å². The molecule has 0 unspecified atom stereocenters. The maximum absolute atomic E-state index is 14.4. The van der Waals surface area contributed by atoms with Crippen LogP contribution in [0.4, 0.5) is 0 Å². The number of phenolic OH excluding ortho intramolecular Hbond substituents is 2. The fraction of sp³-hybridized carbons (Fsp3) is 0.167. The largest absolute Gasteiger partial charge is 0.508 e. The first-order valence-corrected chi connectivity index (χ1v) is 15.7. The van der Waals surface area contributed by atoms with Crippen LogP contribution in [-0.2, 0) is 4.74 Å². The highest BCUT2D eigenvalue weighted by atomic mass is 16.6. The molecule has 5 heterocycles. The summed E-state index contributed by atoms with van der Waals surface area (Å²) in [6.45, 7) is -0.688. The van der Waals surface area contributed by atoms with Crippen molar-refractivity contribution in [1.82, 2.24) is 19.5 Å². The normalized spacial score (nSPS) is 22.7. The van der Waals surface area contributed by atoms with Crippen molar-refractivity contribution in [1.29, 1.82) is 0 Å². The number of hydrazone groups is 1. The molecule has 0 radical (unpaired) electrons. The number of aromatic hydroxyl groups is 2.